The van der Waals surface area contributed by atoms with Gasteiger partial charge in [-0.3, -0.25) is 25.8 Å². The van der Waals surface area contributed by atoms with Gasteiger partial charge in [-0.05, 0) is 34.1 Å². The summed E-state index contributed by atoms with van der Waals surface area (Å²) in [5.74, 6) is -0.317. The van der Waals surface area contributed by atoms with Crippen LogP contribution in [0.2, 0.25) is 0 Å². The molecular formula is C14H9BrN4O3S. The summed E-state index contributed by atoms with van der Waals surface area (Å²) in [6.45, 7) is 0. The van der Waals surface area contributed by atoms with Crippen LogP contribution in [0, 0.1) is 10.1 Å². The lowest BCUT2D eigenvalue weighted by Crippen LogP contribution is -2.29. The van der Waals surface area contributed by atoms with Crippen molar-refractivity contribution in [2.24, 2.45) is 0 Å². The number of nitro groups is 1. The number of nitrogens with one attached hydrogen (secondary N) is 2. The Labute approximate surface area is 142 Å². The molecule has 1 heterocycles. The fourth-order valence-electron chi connectivity index (χ4n) is 1.90. The molecule has 0 bridgehead atoms. The van der Waals surface area contributed by atoms with E-state index in [0.29, 0.717) is 25.4 Å². The van der Waals surface area contributed by atoms with Gasteiger partial charge in [-0.2, -0.15) is 0 Å². The maximum atomic E-state index is 12.1. The first kappa shape index (κ1) is 15.4. The normalized spacial score (nSPS) is 10.5. The number of anilines is 1. The molecule has 0 saturated carbocycles. The van der Waals surface area contributed by atoms with Crippen LogP contribution in [-0.2, 0) is 0 Å². The van der Waals surface area contributed by atoms with Gasteiger partial charge in [-0.1, -0.05) is 23.5 Å². The first-order valence-electron chi connectivity index (χ1n) is 6.40. The number of rotatable bonds is 4. The molecule has 3 rings (SSSR count). The molecule has 0 radical (unpaired) electrons. The van der Waals surface area contributed by atoms with Crippen molar-refractivity contribution in [2.75, 3.05) is 5.43 Å². The van der Waals surface area contributed by atoms with Crippen molar-refractivity contribution < 1.29 is 9.72 Å². The van der Waals surface area contributed by atoms with E-state index in [4.69, 9.17) is 0 Å². The predicted molar refractivity (Wildman–Crippen MR) is 91.5 cm³/mol. The summed E-state index contributed by atoms with van der Waals surface area (Å²) in [4.78, 5) is 26.7. The Morgan fingerprint density at radius 2 is 2.04 bits per heavy atom. The van der Waals surface area contributed by atoms with Crippen LogP contribution < -0.4 is 10.9 Å². The lowest BCUT2D eigenvalue weighted by molar-refractivity contribution is -0.384. The Kier molecular flexibility index (Phi) is 4.22. The van der Waals surface area contributed by atoms with E-state index in [0.717, 1.165) is 0 Å². The Balaban J connectivity index is 1.76. The summed E-state index contributed by atoms with van der Waals surface area (Å²) in [6, 6.07) is 11.4. The molecule has 23 heavy (non-hydrogen) atoms. The van der Waals surface area contributed by atoms with Gasteiger partial charge in [0.25, 0.3) is 11.6 Å². The molecule has 0 atom stereocenters. The number of aromatic nitrogens is 1. The van der Waals surface area contributed by atoms with Gasteiger partial charge in [0.1, 0.15) is 0 Å². The average molecular weight is 393 g/mol. The summed E-state index contributed by atoms with van der Waals surface area (Å²) in [6.07, 6.45) is 0. The predicted octanol–water partition coefficient (Wildman–Crippen LogP) is 3.72. The third-order valence-electron chi connectivity index (χ3n) is 2.98. The van der Waals surface area contributed by atoms with Crippen molar-refractivity contribution in [2.45, 2.75) is 0 Å². The molecule has 7 nitrogen and oxygen atoms in total. The Bertz CT molecular complexity index is 912. The number of hydrogen-bond donors (Lipinski definition) is 2. The average Bonchev–Trinajstić information content (AvgIpc) is 2.95. The number of carbonyl (C=O) groups is 1. The van der Waals surface area contributed by atoms with E-state index in [-0.39, 0.29) is 11.6 Å². The fourth-order valence-corrected chi connectivity index (χ4v) is 3.22. The monoisotopic (exact) mass is 392 g/mol. The van der Waals surface area contributed by atoms with Crippen LogP contribution in [0.3, 0.4) is 0 Å². The van der Waals surface area contributed by atoms with Gasteiger partial charge >= 0.3 is 0 Å². The van der Waals surface area contributed by atoms with Gasteiger partial charge in [-0.15, -0.1) is 0 Å². The van der Waals surface area contributed by atoms with E-state index < -0.39 is 4.92 Å². The van der Waals surface area contributed by atoms with E-state index in [1.165, 1.54) is 23.5 Å². The van der Waals surface area contributed by atoms with Gasteiger partial charge in [0, 0.05) is 16.6 Å². The maximum absolute atomic E-state index is 12.1. The molecule has 0 saturated heterocycles. The number of carbonyl (C=O) groups excluding carboxylic acids is 1. The number of thiazole rings is 1. The standard InChI is InChI=1S/C14H9BrN4O3S/c15-10-4-2-1-3-9(10)13(20)17-18-14-16-11-6-5-8(19(21)22)7-12(11)23-14/h1-7H,(H,16,18)(H,17,20). The first-order chi connectivity index (χ1) is 11.0. The third kappa shape index (κ3) is 3.30. The van der Waals surface area contributed by atoms with Crippen LogP contribution >= 0.6 is 27.3 Å². The van der Waals surface area contributed by atoms with E-state index in [1.54, 1.807) is 24.3 Å². The number of fused-ring (bicyclic) bond motifs is 1. The SMILES string of the molecule is O=C(NNc1nc2ccc([N+](=O)[O-])cc2s1)c1ccccc1Br. The zero-order valence-electron chi connectivity index (χ0n) is 11.4. The number of benzene rings is 2. The van der Waals surface area contributed by atoms with Crippen molar-refractivity contribution in [1.82, 2.24) is 10.4 Å². The molecule has 0 aliphatic rings. The number of nitrogens with zero attached hydrogens (tertiary/aromatic N) is 2. The number of hydrazine groups is 1. The number of amides is 1. The van der Waals surface area contributed by atoms with Crippen molar-refractivity contribution in [3.63, 3.8) is 0 Å². The molecule has 1 aromatic heterocycles. The van der Waals surface area contributed by atoms with Crippen LogP contribution in [-0.4, -0.2) is 15.8 Å². The minimum absolute atomic E-state index is 0.00458. The molecule has 9 heteroatoms. The van der Waals surface area contributed by atoms with Crippen molar-refractivity contribution in [1.29, 1.82) is 0 Å². The van der Waals surface area contributed by atoms with Gasteiger partial charge in [0.2, 0.25) is 5.13 Å². The number of hydrogen-bond acceptors (Lipinski definition) is 6. The van der Waals surface area contributed by atoms with Crippen LogP contribution in [0.1, 0.15) is 10.4 Å². The fraction of sp³-hybridized carbons (Fsp3) is 0. The molecule has 2 N–H and O–H groups in total. The topological polar surface area (TPSA) is 97.2 Å². The van der Waals surface area contributed by atoms with Crippen molar-refractivity contribution in [3.8, 4) is 0 Å². The lowest BCUT2D eigenvalue weighted by atomic mass is 10.2. The van der Waals surface area contributed by atoms with E-state index in [1.807, 2.05) is 6.07 Å². The zero-order valence-corrected chi connectivity index (χ0v) is 13.8. The number of nitro benzene ring substituents is 1. The minimum atomic E-state index is -0.457. The van der Waals surface area contributed by atoms with Crippen LogP contribution in [0.15, 0.2) is 46.9 Å². The molecule has 0 aliphatic heterocycles. The van der Waals surface area contributed by atoms with Gasteiger partial charge in [-0.25, -0.2) is 4.98 Å². The Hall–Kier alpha value is -2.52. The van der Waals surface area contributed by atoms with Gasteiger partial charge in [0.15, 0.2) is 0 Å². The highest BCUT2D eigenvalue weighted by Crippen LogP contribution is 2.28. The Morgan fingerprint density at radius 3 is 2.78 bits per heavy atom. The molecule has 3 aromatic rings. The highest BCUT2D eigenvalue weighted by Gasteiger charge is 2.12. The molecule has 0 fully saturated rings. The third-order valence-corrected chi connectivity index (χ3v) is 4.61. The quantitative estimate of drug-likeness (QED) is 0.520. The summed E-state index contributed by atoms with van der Waals surface area (Å²) in [7, 11) is 0. The highest BCUT2D eigenvalue weighted by molar-refractivity contribution is 9.10. The van der Waals surface area contributed by atoms with Crippen molar-refractivity contribution in [3.05, 3.63) is 62.6 Å². The molecule has 0 spiro atoms. The first-order valence-corrected chi connectivity index (χ1v) is 8.01. The summed E-state index contributed by atoms with van der Waals surface area (Å²) in [5, 5.41) is 11.2. The van der Waals surface area contributed by atoms with E-state index >= 15 is 0 Å². The molecule has 0 aliphatic carbocycles. The highest BCUT2D eigenvalue weighted by atomic mass is 79.9. The summed E-state index contributed by atoms with van der Waals surface area (Å²) < 4.78 is 1.34. The zero-order chi connectivity index (χ0) is 16.4. The van der Waals surface area contributed by atoms with Crippen molar-refractivity contribution >= 4 is 54.2 Å². The largest absolute Gasteiger partial charge is 0.273 e. The summed E-state index contributed by atoms with van der Waals surface area (Å²) in [5.41, 5.74) is 6.39. The number of halogens is 1. The lowest BCUT2D eigenvalue weighted by Gasteiger charge is -2.06. The molecular weight excluding hydrogens is 384 g/mol. The molecule has 1 amide bonds. The van der Waals surface area contributed by atoms with E-state index in [9.17, 15) is 14.9 Å². The van der Waals surface area contributed by atoms with Crippen LogP contribution in [0.5, 0.6) is 0 Å². The second kappa shape index (κ2) is 6.31. The van der Waals surface area contributed by atoms with Gasteiger partial charge in [0.05, 0.1) is 20.7 Å². The Morgan fingerprint density at radius 1 is 1.26 bits per heavy atom. The minimum Gasteiger partial charge on any atom is -0.273 e. The molecule has 0 unspecified atom stereocenters. The maximum Gasteiger partial charge on any atom is 0.270 e. The second-order valence-electron chi connectivity index (χ2n) is 4.49. The second-order valence-corrected chi connectivity index (χ2v) is 6.37. The molecule has 2 aromatic carbocycles. The smallest absolute Gasteiger partial charge is 0.270 e. The summed E-state index contributed by atoms with van der Waals surface area (Å²) >= 11 is 4.52. The van der Waals surface area contributed by atoms with E-state index in [2.05, 4.69) is 31.8 Å². The van der Waals surface area contributed by atoms with Crippen LogP contribution in [0.4, 0.5) is 10.8 Å². The number of non-ortho nitro benzene ring substituents is 1. The van der Waals surface area contributed by atoms with Crippen LogP contribution in [0.25, 0.3) is 10.2 Å². The van der Waals surface area contributed by atoms with Gasteiger partial charge < -0.3 is 0 Å². The molecule has 116 valence electrons.